The molecule has 0 radical (unpaired) electrons. The molecule has 3 rings (SSSR count). The standard InChI is InChI=1S/C25H33O4P/c1-4-5-7-12-20-17-23(26)25(21-13-10-11-19(2)16-21)24(18-20)29-30(27,28-3)22-14-8-6-9-15-22/h6,8-9,14-18,21,26H,4-5,7,10-13H2,1-3H3. The van der Waals surface area contributed by atoms with Gasteiger partial charge in [0.1, 0.15) is 11.5 Å². The summed E-state index contributed by atoms with van der Waals surface area (Å²) in [5, 5.41) is 11.5. The molecule has 0 heterocycles. The van der Waals surface area contributed by atoms with Crippen LogP contribution in [-0.4, -0.2) is 12.2 Å². The molecule has 0 amide bonds. The number of rotatable bonds is 9. The van der Waals surface area contributed by atoms with Gasteiger partial charge in [-0.15, -0.1) is 0 Å². The monoisotopic (exact) mass is 428 g/mol. The summed E-state index contributed by atoms with van der Waals surface area (Å²) in [4.78, 5) is 0. The summed E-state index contributed by atoms with van der Waals surface area (Å²) in [6.07, 6.45) is 9.41. The quantitative estimate of drug-likeness (QED) is 0.269. The summed E-state index contributed by atoms with van der Waals surface area (Å²) in [6, 6.07) is 12.8. The van der Waals surface area contributed by atoms with Crippen molar-refractivity contribution < 1.29 is 18.7 Å². The third-order valence-corrected chi connectivity index (χ3v) is 7.57. The Bertz CT molecular complexity index is 920. The van der Waals surface area contributed by atoms with Gasteiger partial charge in [0.25, 0.3) is 0 Å². The van der Waals surface area contributed by atoms with Gasteiger partial charge in [-0.3, -0.25) is 4.52 Å². The van der Waals surface area contributed by atoms with Crippen molar-refractivity contribution in [1.82, 2.24) is 0 Å². The molecule has 2 aromatic rings. The first-order valence-corrected chi connectivity index (χ1v) is 12.4. The Morgan fingerprint density at radius 1 is 1.17 bits per heavy atom. The van der Waals surface area contributed by atoms with Crippen LogP contribution < -0.4 is 9.83 Å². The number of allylic oxidation sites excluding steroid dienone is 2. The maximum absolute atomic E-state index is 13.6. The van der Waals surface area contributed by atoms with Crippen LogP contribution in [0.5, 0.6) is 11.5 Å². The largest absolute Gasteiger partial charge is 0.507 e. The first-order valence-electron chi connectivity index (χ1n) is 10.9. The summed E-state index contributed by atoms with van der Waals surface area (Å²) >= 11 is 0. The molecule has 2 aromatic carbocycles. The van der Waals surface area contributed by atoms with E-state index in [1.54, 1.807) is 12.1 Å². The molecule has 0 bridgehead atoms. The maximum Gasteiger partial charge on any atom is 0.410 e. The van der Waals surface area contributed by atoms with Crippen LogP contribution in [0, 0.1) is 0 Å². The van der Waals surface area contributed by atoms with Crippen molar-refractivity contribution in [3.8, 4) is 11.5 Å². The van der Waals surface area contributed by atoms with E-state index in [0.29, 0.717) is 16.6 Å². The number of hydrogen-bond acceptors (Lipinski definition) is 4. The Labute approximate surface area is 180 Å². The van der Waals surface area contributed by atoms with Crippen molar-refractivity contribution in [2.24, 2.45) is 0 Å². The molecule has 2 atom stereocenters. The van der Waals surface area contributed by atoms with E-state index in [2.05, 4.69) is 19.9 Å². The summed E-state index contributed by atoms with van der Waals surface area (Å²) in [5.41, 5.74) is 3.01. The highest BCUT2D eigenvalue weighted by Crippen LogP contribution is 2.51. The molecule has 1 N–H and O–H groups in total. The molecule has 4 nitrogen and oxygen atoms in total. The normalized spacial score (nSPS) is 18.5. The number of hydrogen-bond donors (Lipinski definition) is 1. The lowest BCUT2D eigenvalue weighted by Gasteiger charge is -2.26. The van der Waals surface area contributed by atoms with Crippen LogP contribution in [0.15, 0.2) is 54.1 Å². The Hall–Kier alpha value is -2.03. The van der Waals surface area contributed by atoms with E-state index in [-0.39, 0.29) is 11.7 Å². The molecular weight excluding hydrogens is 395 g/mol. The van der Waals surface area contributed by atoms with Gasteiger partial charge in [-0.25, -0.2) is 4.57 Å². The van der Waals surface area contributed by atoms with Gasteiger partial charge in [0.15, 0.2) is 0 Å². The number of unbranched alkanes of at least 4 members (excludes halogenated alkanes) is 2. The Morgan fingerprint density at radius 3 is 2.60 bits per heavy atom. The van der Waals surface area contributed by atoms with Crippen molar-refractivity contribution in [3.05, 3.63) is 65.2 Å². The van der Waals surface area contributed by atoms with Crippen molar-refractivity contribution in [2.75, 3.05) is 7.11 Å². The molecule has 1 aliphatic carbocycles. The van der Waals surface area contributed by atoms with E-state index in [1.165, 1.54) is 12.7 Å². The van der Waals surface area contributed by atoms with E-state index in [1.807, 2.05) is 30.3 Å². The predicted octanol–water partition coefficient (Wildman–Crippen LogP) is 6.88. The fourth-order valence-corrected chi connectivity index (χ4v) is 5.45. The minimum absolute atomic E-state index is 0.0412. The topological polar surface area (TPSA) is 55.8 Å². The second kappa shape index (κ2) is 10.3. The molecule has 5 heteroatoms. The predicted molar refractivity (Wildman–Crippen MR) is 123 cm³/mol. The van der Waals surface area contributed by atoms with Gasteiger partial charge >= 0.3 is 7.60 Å². The third-order valence-electron chi connectivity index (χ3n) is 5.72. The zero-order valence-corrected chi connectivity index (χ0v) is 19.2. The third kappa shape index (κ3) is 5.36. The van der Waals surface area contributed by atoms with Gasteiger partial charge in [0, 0.05) is 18.6 Å². The van der Waals surface area contributed by atoms with Crippen LogP contribution in [0.25, 0.3) is 0 Å². The van der Waals surface area contributed by atoms with Gasteiger partial charge < -0.3 is 9.63 Å². The molecule has 0 aromatic heterocycles. The molecular formula is C25H33O4P. The first-order chi connectivity index (χ1) is 14.5. The van der Waals surface area contributed by atoms with Crippen molar-refractivity contribution in [2.45, 2.75) is 64.7 Å². The fourth-order valence-electron chi connectivity index (χ4n) is 4.11. The molecule has 2 unspecified atom stereocenters. The zero-order chi connectivity index (χ0) is 21.6. The highest BCUT2D eigenvalue weighted by Gasteiger charge is 2.31. The van der Waals surface area contributed by atoms with Crippen LogP contribution in [0.4, 0.5) is 0 Å². The van der Waals surface area contributed by atoms with Crippen LogP contribution in [0.2, 0.25) is 0 Å². The van der Waals surface area contributed by atoms with Gasteiger partial charge in [0.2, 0.25) is 0 Å². The number of benzene rings is 2. The summed E-state index contributed by atoms with van der Waals surface area (Å²) in [5.74, 6) is 0.719. The van der Waals surface area contributed by atoms with Gasteiger partial charge in [-0.2, -0.15) is 0 Å². The Kier molecular flexibility index (Phi) is 7.80. The highest BCUT2D eigenvalue weighted by molar-refractivity contribution is 7.62. The average molecular weight is 429 g/mol. The first kappa shape index (κ1) is 22.7. The summed E-state index contributed by atoms with van der Waals surface area (Å²) < 4.78 is 25.1. The molecule has 0 fully saturated rings. The number of aryl methyl sites for hydroxylation is 1. The molecule has 162 valence electrons. The van der Waals surface area contributed by atoms with Crippen LogP contribution in [0.1, 0.15) is 69.4 Å². The highest BCUT2D eigenvalue weighted by atomic mass is 31.2. The average Bonchev–Trinajstić information content (AvgIpc) is 2.74. The van der Waals surface area contributed by atoms with Crippen molar-refractivity contribution >= 4 is 12.9 Å². The van der Waals surface area contributed by atoms with Crippen LogP contribution >= 0.6 is 7.60 Å². The van der Waals surface area contributed by atoms with Gasteiger partial charge in [-0.05, 0) is 68.9 Å². The minimum atomic E-state index is -3.57. The number of phenols is 1. The van der Waals surface area contributed by atoms with Crippen LogP contribution in [-0.2, 0) is 15.5 Å². The molecule has 0 spiro atoms. The van der Waals surface area contributed by atoms with E-state index < -0.39 is 7.60 Å². The van der Waals surface area contributed by atoms with Crippen LogP contribution in [0.3, 0.4) is 0 Å². The Balaban J connectivity index is 2.04. The SMILES string of the molecule is CCCCCc1cc(O)c(C2C=C(C)CCC2)c(OP(=O)(OC)c2ccccc2)c1. The zero-order valence-electron chi connectivity index (χ0n) is 18.3. The molecule has 0 saturated carbocycles. The minimum Gasteiger partial charge on any atom is -0.507 e. The molecule has 30 heavy (non-hydrogen) atoms. The van der Waals surface area contributed by atoms with E-state index in [0.717, 1.165) is 50.5 Å². The molecule has 0 saturated heterocycles. The summed E-state index contributed by atoms with van der Waals surface area (Å²) in [6.45, 7) is 4.29. The van der Waals surface area contributed by atoms with Gasteiger partial charge in [0.05, 0.1) is 5.30 Å². The molecule has 1 aliphatic rings. The second-order valence-electron chi connectivity index (χ2n) is 8.10. The maximum atomic E-state index is 13.6. The fraction of sp³-hybridized carbons (Fsp3) is 0.440. The van der Waals surface area contributed by atoms with E-state index in [4.69, 9.17) is 9.05 Å². The lowest BCUT2D eigenvalue weighted by atomic mass is 9.84. The smallest absolute Gasteiger partial charge is 0.410 e. The van der Waals surface area contributed by atoms with Crippen molar-refractivity contribution in [3.63, 3.8) is 0 Å². The molecule has 0 aliphatic heterocycles. The Morgan fingerprint density at radius 2 is 1.93 bits per heavy atom. The summed E-state index contributed by atoms with van der Waals surface area (Å²) in [7, 11) is -2.17. The number of phenolic OH excluding ortho intramolecular Hbond substituents is 1. The van der Waals surface area contributed by atoms with Crippen molar-refractivity contribution in [1.29, 1.82) is 0 Å². The van der Waals surface area contributed by atoms with E-state index >= 15 is 0 Å². The number of aromatic hydroxyl groups is 1. The second-order valence-corrected chi connectivity index (χ2v) is 10.2. The van der Waals surface area contributed by atoms with E-state index in [9.17, 15) is 9.67 Å². The van der Waals surface area contributed by atoms with Gasteiger partial charge in [-0.1, -0.05) is 49.6 Å². The lowest BCUT2D eigenvalue weighted by Crippen LogP contribution is -2.13. The lowest BCUT2D eigenvalue weighted by molar-refractivity contribution is 0.331.